The summed E-state index contributed by atoms with van der Waals surface area (Å²) in [5.74, 6) is -0.226. The van der Waals surface area contributed by atoms with Crippen molar-refractivity contribution in [3.8, 4) is 0 Å². The van der Waals surface area contributed by atoms with E-state index in [1.165, 1.54) is 0 Å². The van der Waals surface area contributed by atoms with E-state index in [9.17, 15) is 19.7 Å². The monoisotopic (exact) mass is 302 g/mol. The van der Waals surface area contributed by atoms with Crippen LogP contribution in [0.1, 0.15) is 26.2 Å². The minimum Gasteiger partial charge on any atom is -0.371 e. The van der Waals surface area contributed by atoms with Crippen molar-refractivity contribution in [3.05, 3.63) is 10.1 Å². The molecule has 9 heteroatoms. The summed E-state index contributed by atoms with van der Waals surface area (Å²) in [7, 11) is 0. The van der Waals surface area contributed by atoms with Crippen molar-refractivity contribution < 1.29 is 29.0 Å². The summed E-state index contributed by atoms with van der Waals surface area (Å²) in [5, 5.41) is 12.2. The van der Waals surface area contributed by atoms with Crippen LogP contribution in [0.3, 0.4) is 0 Å². The summed E-state index contributed by atoms with van der Waals surface area (Å²) in [4.78, 5) is 37.8. The third kappa shape index (κ3) is 3.88. The Bertz CT molecular complexity index is 428. The van der Waals surface area contributed by atoms with Gasteiger partial charge in [-0.05, 0) is 0 Å². The normalized spacial score (nSPS) is 30.7. The highest BCUT2D eigenvalue weighted by Crippen LogP contribution is 2.28. The second kappa shape index (κ2) is 6.81. The van der Waals surface area contributed by atoms with Crippen LogP contribution in [0.4, 0.5) is 0 Å². The van der Waals surface area contributed by atoms with Crippen molar-refractivity contribution in [2.24, 2.45) is 0 Å². The number of amides is 1. The van der Waals surface area contributed by atoms with Gasteiger partial charge in [0.05, 0.1) is 19.3 Å². The molecule has 1 amide bonds. The van der Waals surface area contributed by atoms with Crippen LogP contribution in [-0.4, -0.2) is 54.3 Å². The molecule has 2 heterocycles. The molecule has 2 rings (SSSR count). The van der Waals surface area contributed by atoms with Crippen molar-refractivity contribution in [2.75, 3.05) is 13.2 Å². The maximum Gasteiger partial charge on any atom is 0.294 e. The molecule has 2 aliphatic rings. The molecule has 0 aliphatic carbocycles. The molecule has 0 radical (unpaired) electrons. The topological polar surface area (TPSA) is 117 Å². The number of Topliss-reactive ketones (excluding diaryl/α,β-unsaturated/α-hetero) is 1. The van der Waals surface area contributed by atoms with Gasteiger partial charge < -0.3 is 19.6 Å². The molecule has 0 bridgehead atoms. The van der Waals surface area contributed by atoms with Gasteiger partial charge in [0.15, 0.2) is 6.10 Å². The number of ether oxygens (including phenoxy) is 2. The second-order valence-electron chi connectivity index (χ2n) is 5.03. The van der Waals surface area contributed by atoms with Crippen molar-refractivity contribution in [1.29, 1.82) is 0 Å². The number of nitrogens with one attached hydrogen (secondary N) is 1. The summed E-state index contributed by atoms with van der Waals surface area (Å²) >= 11 is 0. The van der Waals surface area contributed by atoms with E-state index in [4.69, 9.17) is 9.47 Å². The minimum absolute atomic E-state index is 0.0299. The molecule has 2 aliphatic heterocycles. The standard InChI is InChI=1S/C12H18N2O7/c1-2-7(15)3-4-10(16)13-8-5-19-12-9(21-14(17)18)6-20-11(8)12/h8-9,11-12H,2-6H2,1H3,(H,13,16)/t8-,9+,11+,12+/m0/s1. The average Bonchev–Trinajstić information content (AvgIpc) is 3.00. The summed E-state index contributed by atoms with van der Waals surface area (Å²) in [6.45, 7) is 2.01. The van der Waals surface area contributed by atoms with Gasteiger partial charge in [0.25, 0.3) is 5.09 Å². The number of fused-ring (bicyclic) bond motifs is 1. The third-order valence-corrected chi connectivity index (χ3v) is 3.60. The Morgan fingerprint density at radius 3 is 2.67 bits per heavy atom. The molecule has 2 fully saturated rings. The molecule has 21 heavy (non-hydrogen) atoms. The fourth-order valence-corrected chi connectivity index (χ4v) is 2.50. The first-order chi connectivity index (χ1) is 10.0. The lowest BCUT2D eigenvalue weighted by molar-refractivity contribution is -0.769. The predicted octanol–water partition coefficient (Wildman–Crippen LogP) is -0.395. The highest BCUT2D eigenvalue weighted by Gasteiger charge is 2.49. The number of carbonyl (C=O) groups excluding carboxylic acids is 2. The molecule has 0 spiro atoms. The molecule has 2 saturated heterocycles. The Labute approximate surface area is 121 Å². The van der Waals surface area contributed by atoms with E-state index in [0.29, 0.717) is 6.42 Å². The summed E-state index contributed by atoms with van der Waals surface area (Å²) in [5.41, 5.74) is 0. The van der Waals surface area contributed by atoms with E-state index in [2.05, 4.69) is 10.2 Å². The Morgan fingerprint density at radius 2 is 2.00 bits per heavy atom. The molecule has 0 aromatic carbocycles. The zero-order valence-corrected chi connectivity index (χ0v) is 11.6. The second-order valence-corrected chi connectivity index (χ2v) is 5.03. The van der Waals surface area contributed by atoms with E-state index >= 15 is 0 Å². The molecule has 0 aromatic heterocycles. The number of carbonyl (C=O) groups is 2. The van der Waals surface area contributed by atoms with Gasteiger partial charge in [-0.15, -0.1) is 10.1 Å². The van der Waals surface area contributed by atoms with Gasteiger partial charge in [-0.3, -0.25) is 9.59 Å². The Morgan fingerprint density at radius 1 is 1.29 bits per heavy atom. The van der Waals surface area contributed by atoms with Crippen LogP contribution in [-0.2, 0) is 23.9 Å². The van der Waals surface area contributed by atoms with Crippen LogP contribution >= 0.6 is 0 Å². The van der Waals surface area contributed by atoms with Gasteiger partial charge in [0, 0.05) is 19.3 Å². The van der Waals surface area contributed by atoms with Crippen LogP contribution in [0.15, 0.2) is 0 Å². The lowest BCUT2D eigenvalue weighted by atomic mass is 10.1. The number of rotatable bonds is 7. The zero-order chi connectivity index (χ0) is 15.4. The van der Waals surface area contributed by atoms with Gasteiger partial charge in [-0.2, -0.15) is 0 Å². The SMILES string of the molecule is CCC(=O)CCC(=O)N[C@H]1CO[C@H]2[C@@H]1OC[C@H]2O[N+](=O)[O-]. The fourth-order valence-electron chi connectivity index (χ4n) is 2.50. The van der Waals surface area contributed by atoms with Gasteiger partial charge in [0.1, 0.15) is 18.0 Å². The van der Waals surface area contributed by atoms with Crippen molar-refractivity contribution in [1.82, 2.24) is 5.32 Å². The number of hydrogen-bond donors (Lipinski definition) is 1. The Kier molecular flexibility index (Phi) is 5.07. The largest absolute Gasteiger partial charge is 0.371 e. The molecule has 118 valence electrons. The van der Waals surface area contributed by atoms with E-state index in [-0.39, 0.29) is 43.8 Å². The predicted molar refractivity (Wildman–Crippen MR) is 67.8 cm³/mol. The van der Waals surface area contributed by atoms with E-state index in [0.717, 1.165) is 0 Å². The van der Waals surface area contributed by atoms with Crippen LogP contribution in [0.5, 0.6) is 0 Å². The van der Waals surface area contributed by atoms with Gasteiger partial charge in [-0.25, -0.2) is 0 Å². The molecule has 9 nitrogen and oxygen atoms in total. The summed E-state index contributed by atoms with van der Waals surface area (Å²) < 4.78 is 10.8. The highest BCUT2D eigenvalue weighted by atomic mass is 17.0. The maximum absolute atomic E-state index is 11.8. The number of nitrogens with zero attached hydrogens (tertiary/aromatic N) is 1. The summed E-state index contributed by atoms with van der Waals surface area (Å²) in [6.07, 6.45) is -1.05. The smallest absolute Gasteiger partial charge is 0.294 e. The maximum atomic E-state index is 11.8. The number of hydrogen-bond acceptors (Lipinski definition) is 7. The Hall–Kier alpha value is -1.74. The van der Waals surface area contributed by atoms with E-state index in [1.54, 1.807) is 6.92 Å². The minimum atomic E-state index is -0.873. The van der Waals surface area contributed by atoms with Gasteiger partial charge >= 0.3 is 0 Å². The van der Waals surface area contributed by atoms with Crippen LogP contribution < -0.4 is 5.32 Å². The van der Waals surface area contributed by atoms with Gasteiger partial charge in [0.2, 0.25) is 5.91 Å². The summed E-state index contributed by atoms with van der Waals surface area (Å²) in [6, 6.07) is -0.375. The zero-order valence-electron chi connectivity index (χ0n) is 11.6. The van der Waals surface area contributed by atoms with Crippen LogP contribution in [0.2, 0.25) is 0 Å². The molecular weight excluding hydrogens is 284 g/mol. The molecular formula is C12H18N2O7. The van der Waals surface area contributed by atoms with Crippen molar-refractivity contribution in [3.63, 3.8) is 0 Å². The van der Waals surface area contributed by atoms with E-state index < -0.39 is 23.4 Å². The fraction of sp³-hybridized carbons (Fsp3) is 0.833. The number of ketones is 1. The average molecular weight is 302 g/mol. The first kappa shape index (κ1) is 15.6. The first-order valence-corrected chi connectivity index (χ1v) is 6.86. The van der Waals surface area contributed by atoms with Crippen molar-refractivity contribution in [2.45, 2.75) is 50.5 Å². The van der Waals surface area contributed by atoms with Crippen LogP contribution in [0, 0.1) is 10.1 Å². The first-order valence-electron chi connectivity index (χ1n) is 6.86. The van der Waals surface area contributed by atoms with Gasteiger partial charge in [-0.1, -0.05) is 6.92 Å². The van der Waals surface area contributed by atoms with Crippen molar-refractivity contribution >= 4 is 11.7 Å². The molecule has 0 aromatic rings. The lowest BCUT2D eigenvalue weighted by Crippen LogP contribution is -2.44. The van der Waals surface area contributed by atoms with E-state index in [1.807, 2.05) is 0 Å². The highest BCUT2D eigenvalue weighted by molar-refractivity contribution is 5.84. The Balaban J connectivity index is 1.80. The quantitative estimate of drug-likeness (QED) is 0.502. The molecule has 0 unspecified atom stereocenters. The third-order valence-electron chi connectivity index (χ3n) is 3.60. The molecule has 1 N–H and O–H groups in total. The lowest BCUT2D eigenvalue weighted by Gasteiger charge is -2.17. The molecule has 0 saturated carbocycles. The van der Waals surface area contributed by atoms with Crippen LogP contribution in [0.25, 0.3) is 0 Å². The molecule has 4 atom stereocenters.